The van der Waals surface area contributed by atoms with Crippen LogP contribution in [0.15, 0.2) is 42.1 Å². The maximum atomic E-state index is 12.2. The summed E-state index contributed by atoms with van der Waals surface area (Å²) in [5.41, 5.74) is 23.8. The van der Waals surface area contributed by atoms with Gasteiger partial charge < -0.3 is 29.0 Å². The fraction of sp³-hybridized carbons (Fsp3) is 0.556. The van der Waals surface area contributed by atoms with Gasteiger partial charge in [-0.3, -0.25) is 14.5 Å². The van der Waals surface area contributed by atoms with Crippen LogP contribution >= 0.6 is 34.0 Å². The number of carbonyl (C=O) groups excluding carboxylic acids is 1. The van der Waals surface area contributed by atoms with Crippen molar-refractivity contribution in [2.45, 2.75) is 253 Å². The number of hydrogen-bond acceptors (Lipinski definition) is 12. The first-order chi connectivity index (χ1) is 47.4. The summed E-state index contributed by atoms with van der Waals surface area (Å²) < 4.78 is 18.1. The van der Waals surface area contributed by atoms with Gasteiger partial charge in [-0.15, -0.1) is 34.0 Å². The minimum Gasteiger partial charge on any atom is -0.375 e. The number of ketones is 1. The summed E-state index contributed by atoms with van der Waals surface area (Å²) in [6.07, 6.45) is 29.4. The molecule has 5 fully saturated rings. The molecule has 0 atom stereocenters. The van der Waals surface area contributed by atoms with Gasteiger partial charge in [0.2, 0.25) is 0 Å². The molecule has 2 spiro atoms. The Labute approximate surface area is 596 Å². The van der Waals surface area contributed by atoms with Crippen molar-refractivity contribution in [3.8, 4) is 33.8 Å². The molecule has 2 aliphatic carbocycles. The lowest BCUT2D eigenvalue weighted by Gasteiger charge is -2.42. The molecule has 0 radical (unpaired) electrons. The van der Waals surface area contributed by atoms with Crippen molar-refractivity contribution >= 4 is 81.7 Å². The van der Waals surface area contributed by atoms with Gasteiger partial charge in [0.05, 0.1) is 34.8 Å². The van der Waals surface area contributed by atoms with Gasteiger partial charge in [0.1, 0.15) is 32.9 Å². The molecule has 11 aromatic rings. The molecular formula is C81H105N11O4S3. The van der Waals surface area contributed by atoms with Crippen LogP contribution in [-0.4, -0.2) is 103 Å². The Morgan fingerprint density at radius 1 is 0.535 bits per heavy atom. The van der Waals surface area contributed by atoms with Crippen molar-refractivity contribution < 1.29 is 14.3 Å². The summed E-state index contributed by atoms with van der Waals surface area (Å²) in [5, 5.41) is 13.1. The molecule has 0 amide bonds. The van der Waals surface area contributed by atoms with Crippen molar-refractivity contribution in [3.05, 3.63) is 123 Å². The zero-order valence-electron chi connectivity index (χ0n) is 61.7. The lowest BCUT2D eigenvalue weighted by molar-refractivity contribution is -0.118. The molecule has 0 unspecified atom stereocenters. The smallest absolute Gasteiger partial charge is 0.253 e. The maximum Gasteiger partial charge on any atom is 0.253 e. The van der Waals surface area contributed by atoms with Crippen LogP contribution in [0.4, 0.5) is 0 Å². The molecular weight excluding hydrogens is 1290 g/mol. The standard InChI is InChI=1S/2C28H36N4OS.C25H33N3O2S/c2*1-16(2)22-23-19(5)25(20-8-11-28(12-9-20)10-6-7-13-33-28)34-27(23)31-24(22)21-14-32-26(29-15-30-32)18(4)17(21)3;1-14(2)20-21-17(5)23(18-7-9-28(10-8-18)12-16(4)29)31-24(21)26-22(20)19-11-15(3)25(30)27(6)13-19/h2*14-16,20,31H,6-13H2,1-5H3;11,13-14,18,26H,7-10,12H2,1-6H3. The minimum absolute atomic E-state index is 0.0535. The summed E-state index contributed by atoms with van der Waals surface area (Å²) in [5.74, 6) is 3.39. The van der Waals surface area contributed by atoms with Crippen molar-refractivity contribution in [3.63, 3.8) is 0 Å². The molecule has 16 rings (SSSR count). The van der Waals surface area contributed by atoms with E-state index in [4.69, 9.17) is 9.47 Å². The van der Waals surface area contributed by atoms with Crippen molar-refractivity contribution in [1.29, 1.82) is 0 Å². The van der Waals surface area contributed by atoms with E-state index in [1.165, 1.54) is 204 Å². The zero-order valence-corrected chi connectivity index (χ0v) is 64.2. The number of carbonyl (C=O) groups is 1. The molecule has 3 saturated heterocycles. The number of H-pyrrole nitrogens is 3. The molecule has 15 nitrogen and oxygen atoms in total. The first kappa shape index (κ1) is 69.5. The van der Waals surface area contributed by atoms with Crippen LogP contribution in [-0.2, 0) is 21.3 Å². The van der Waals surface area contributed by atoms with Gasteiger partial charge in [-0.2, -0.15) is 10.2 Å². The number of Topliss-reactive ketones (excluding diaryl/α,β-unsaturated/α-hetero) is 1. The number of nitrogens with zero attached hydrogens (tertiary/aromatic N) is 8. The lowest BCUT2D eigenvalue weighted by Crippen LogP contribution is -2.39. The third kappa shape index (κ3) is 12.8. The highest BCUT2D eigenvalue weighted by atomic mass is 32.1. The molecule has 99 heavy (non-hydrogen) atoms. The second-order valence-corrected chi connectivity index (χ2v) is 34.5. The van der Waals surface area contributed by atoms with Gasteiger partial charge in [0.25, 0.3) is 5.56 Å². The van der Waals surface area contributed by atoms with Crippen LogP contribution in [0.1, 0.15) is 263 Å². The van der Waals surface area contributed by atoms with Gasteiger partial charge in [-0.1, -0.05) is 41.5 Å². The Morgan fingerprint density at radius 3 is 1.30 bits per heavy atom. The van der Waals surface area contributed by atoms with E-state index in [0.29, 0.717) is 42.1 Å². The van der Waals surface area contributed by atoms with Crippen molar-refractivity contribution in [1.82, 2.24) is 53.6 Å². The molecule has 3 N–H and O–H groups in total. The number of aryl methyl sites for hydroxylation is 7. The quantitative estimate of drug-likeness (QED) is 0.114. The van der Waals surface area contributed by atoms with Gasteiger partial charge >= 0.3 is 0 Å². The number of hydrogen-bond donors (Lipinski definition) is 3. The second kappa shape index (κ2) is 27.7. The number of piperidine rings is 1. The number of aromatic nitrogens is 10. The van der Waals surface area contributed by atoms with E-state index in [1.807, 2.05) is 69.3 Å². The lowest BCUT2D eigenvalue weighted by atomic mass is 9.74. The molecule has 14 heterocycles. The largest absolute Gasteiger partial charge is 0.375 e. The third-order valence-corrected chi connectivity index (χ3v) is 28.0. The van der Waals surface area contributed by atoms with Crippen LogP contribution in [0.25, 0.3) is 75.7 Å². The zero-order chi connectivity index (χ0) is 69.7. The molecule has 526 valence electrons. The Balaban J connectivity index is 0.000000127. The minimum atomic E-state index is 0.0535. The van der Waals surface area contributed by atoms with Gasteiger partial charge in [0.15, 0.2) is 11.3 Å². The summed E-state index contributed by atoms with van der Waals surface area (Å²) >= 11 is 5.89. The predicted molar refractivity (Wildman–Crippen MR) is 410 cm³/mol. The molecule has 3 aliphatic heterocycles. The summed E-state index contributed by atoms with van der Waals surface area (Å²) in [6, 6.07) is 2.00. The first-order valence-corrected chi connectivity index (χ1v) is 39.6. The fourth-order valence-corrected chi connectivity index (χ4v) is 22.5. The summed E-state index contributed by atoms with van der Waals surface area (Å²) in [4.78, 5) is 54.9. The highest BCUT2D eigenvalue weighted by Crippen LogP contribution is 2.53. The predicted octanol–water partition coefficient (Wildman–Crippen LogP) is 20.3. The average molecular weight is 1390 g/mol. The second-order valence-electron chi connectivity index (χ2n) is 31.3. The topological polar surface area (TPSA) is 169 Å². The highest BCUT2D eigenvalue weighted by molar-refractivity contribution is 7.19. The van der Waals surface area contributed by atoms with E-state index in [9.17, 15) is 9.59 Å². The monoisotopic (exact) mass is 1390 g/mol. The number of aromatic amines is 3. The number of thiophene rings is 3. The average Bonchev–Trinajstić information content (AvgIpc) is 1.61. The van der Waals surface area contributed by atoms with Crippen molar-refractivity contribution in [2.75, 3.05) is 32.8 Å². The number of pyridine rings is 3. The molecule has 2 saturated carbocycles. The van der Waals surface area contributed by atoms with Crippen LogP contribution < -0.4 is 5.56 Å². The fourth-order valence-electron chi connectivity index (χ4n) is 18.3. The number of nitrogens with one attached hydrogen (secondary N) is 3. The molecule has 11 aromatic heterocycles. The van der Waals surface area contributed by atoms with E-state index in [1.54, 1.807) is 33.9 Å². The number of ether oxygens (including phenoxy) is 2. The van der Waals surface area contributed by atoms with E-state index in [2.05, 4.69) is 142 Å². The van der Waals surface area contributed by atoms with E-state index in [-0.39, 0.29) is 22.5 Å². The van der Waals surface area contributed by atoms with Gasteiger partial charge in [0, 0.05) is 91.9 Å². The van der Waals surface area contributed by atoms with Crippen LogP contribution in [0.5, 0.6) is 0 Å². The Morgan fingerprint density at radius 2 is 0.929 bits per heavy atom. The van der Waals surface area contributed by atoms with E-state index < -0.39 is 0 Å². The van der Waals surface area contributed by atoms with Gasteiger partial charge in [-0.25, -0.2) is 19.0 Å². The third-order valence-electron chi connectivity index (χ3n) is 23.9. The highest BCUT2D eigenvalue weighted by Gasteiger charge is 2.41. The van der Waals surface area contributed by atoms with E-state index in [0.717, 1.165) is 67.3 Å². The molecule has 0 bridgehead atoms. The maximum absolute atomic E-state index is 12.2. The van der Waals surface area contributed by atoms with E-state index >= 15 is 0 Å². The number of rotatable bonds is 11. The van der Waals surface area contributed by atoms with Crippen LogP contribution in [0.3, 0.4) is 0 Å². The van der Waals surface area contributed by atoms with Crippen molar-refractivity contribution in [2.24, 2.45) is 7.05 Å². The first-order valence-electron chi connectivity index (χ1n) is 37.2. The Hall–Kier alpha value is -6.54. The Kier molecular flexibility index (Phi) is 19.4. The number of likely N-dealkylation sites (tertiary alicyclic amines) is 1. The number of fused-ring (bicyclic) bond motifs is 5. The summed E-state index contributed by atoms with van der Waals surface area (Å²) in [7, 11) is 1.82. The normalized spacial score (nSPS) is 21.2. The summed E-state index contributed by atoms with van der Waals surface area (Å²) in [6.45, 7) is 37.6. The van der Waals surface area contributed by atoms with Gasteiger partial charge in [-0.05, 0) is 275 Å². The Bertz CT molecular complexity index is 4640. The molecule has 18 heteroatoms. The van der Waals surface area contributed by atoms with Crippen LogP contribution in [0, 0.1) is 55.4 Å². The molecule has 0 aromatic carbocycles. The van der Waals surface area contributed by atoms with Crippen LogP contribution in [0.2, 0.25) is 0 Å². The molecule has 5 aliphatic rings. The SMILES string of the molecule is CC(=O)CN1CCC(c2sc3[nH]c(-c4cc(C)c(=O)n(C)c4)c(C(C)C)c3c2C)CC1.Cc1c(-c2[nH]c3sc(C4CCC5(CCCCO5)CC4)c(C)c3c2C(C)C)cn2ncnc2c1C.Cc1c(-c2[nH]c3sc(C4CCC5(CCCCO5)CC4)c(C)c3c2C(C)C)cn2ncnc2c1C.